The summed E-state index contributed by atoms with van der Waals surface area (Å²) < 4.78 is 2.18. The average molecular weight is 258 g/mol. The lowest BCUT2D eigenvalue weighted by Gasteiger charge is -2.27. The van der Waals surface area contributed by atoms with E-state index < -0.39 is 0 Å². The average Bonchev–Trinajstić information content (AvgIpc) is 2.85. The maximum Gasteiger partial charge on any atom is 0.160 e. The van der Waals surface area contributed by atoms with E-state index in [0.29, 0.717) is 5.92 Å². The van der Waals surface area contributed by atoms with E-state index in [4.69, 9.17) is 10.7 Å². The summed E-state index contributed by atoms with van der Waals surface area (Å²) >= 11 is 0. The van der Waals surface area contributed by atoms with Crippen LogP contribution in [0.1, 0.15) is 50.9 Å². The minimum absolute atomic E-state index is 0.0504. The van der Waals surface area contributed by atoms with Gasteiger partial charge in [0.25, 0.3) is 0 Å². The summed E-state index contributed by atoms with van der Waals surface area (Å²) in [6.45, 7) is 3.01. The summed E-state index contributed by atoms with van der Waals surface area (Å²) in [5, 5.41) is 0. The van der Waals surface area contributed by atoms with Crippen LogP contribution >= 0.6 is 0 Å². The van der Waals surface area contributed by atoms with Gasteiger partial charge in [0, 0.05) is 12.7 Å². The van der Waals surface area contributed by atoms with Crippen LogP contribution in [0.4, 0.5) is 0 Å². The van der Waals surface area contributed by atoms with Crippen LogP contribution in [-0.2, 0) is 6.54 Å². The molecule has 3 rings (SSSR count). The quantitative estimate of drug-likeness (QED) is 0.920. The van der Waals surface area contributed by atoms with Crippen molar-refractivity contribution >= 4 is 11.2 Å². The zero-order valence-electron chi connectivity index (χ0n) is 11.5. The normalized spacial score (nSPS) is 18.8. The molecular weight excluding hydrogens is 236 g/mol. The second kappa shape index (κ2) is 5.29. The highest BCUT2D eigenvalue weighted by Gasteiger charge is 2.26. The van der Waals surface area contributed by atoms with Crippen molar-refractivity contribution in [1.29, 1.82) is 0 Å². The molecule has 2 aromatic rings. The van der Waals surface area contributed by atoms with Crippen molar-refractivity contribution in [2.75, 3.05) is 0 Å². The Hall–Kier alpha value is -1.42. The van der Waals surface area contributed by atoms with Gasteiger partial charge in [-0.25, -0.2) is 9.97 Å². The molecule has 4 nitrogen and oxygen atoms in total. The second-order valence-electron chi connectivity index (χ2n) is 5.48. The molecule has 2 heterocycles. The highest BCUT2D eigenvalue weighted by molar-refractivity contribution is 5.71. The Morgan fingerprint density at radius 1 is 1.37 bits per heavy atom. The molecule has 2 N–H and O–H groups in total. The van der Waals surface area contributed by atoms with Crippen LogP contribution in [0, 0.1) is 5.92 Å². The number of hydrogen-bond donors (Lipinski definition) is 1. The van der Waals surface area contributed by atoms with E-state index in [2.05, 4.69) is 16.5 Å². The summed E-state index contributed by atoms with van der Waals surface area (Å²) in [6.07, 6.45) is 8.27. The van der Waals surface area contributed by atoms with Crippen molar-refractivity contribution in [3.8, 4) is 0 Å². The first kappa shape index (κ1) is 12.6. The lowest BCUT2D eigenvalue weighted by molar-refractivity contribution is 0.297. The van der Waals surface area contributed by atoms with Gasteiger partial charge in [0.1, 0.15) is 11.3 Å². The Kier molecular flexibility index (Phi) is 3.51. The molecule has 1 aliphatic carbocycles. The minimum atomic E-state index is 0.0504. The fourth-order valence-corrected chi connectivity index (χ4v) is 3.25. The maximum atomic E-state index is 6.50. The number of rotatable bonds is 3. The molecular formula is C15H22N4. The van der Waals surface area contributed by atoms with Gasteiger partial charge in [-0.15, -0.1) is 0 Å². The topological polar surface area (TPSA) is 56.7 Å². The lowest BCUT2D eigenvalue weighted by Crippen LogP contribution is -2.26. The van der Waals surface area contributed by atoms with Gasteiger partial charge in [-0.3, -0.25) is 0 Å². The molecule has 0 aromatic carbocycles. The number of pyridine rings is 1. The van der Waals surface area contributed by atoms with E-state index in [9.17, 15) is 0 Å². The molecule has 4 heteroatoms. The molecule has 0 saturated heterocycles. The van der Waals surface area contributed by atoms with Gasteiger partial charge in [0.05, 0.1) is 6.04 Å². The molecule has 0 radical (unpaired) electrons. The van der Waals surface area contributed by atoms with Gasteiger partial charge < -0.3 is 10.3 Å². The molecule has 1 saturated carbocycles. The third-order valence-corrected chi connectivity index (χ3v) is 4.31. The number of hydrogen-bond acceptors (Lipinski definition) is 3. The molecule has 19 heavy (non-hydrogen) atoms. The minimum Gasteiger partial charge on any atom is -0.321 e. The molecule has 1 atom stereocenters. The number of aryl methyl sites for hydroxylation is 1. The Morgan fingerprint density at radius 3 is 2.89 bits per heavy atom. The Labute approximate surface area is 114 Å². The molecule has 0 spiro atoms. The fourth-order valence-electron chi connectivity index (χ4n) is 3.25. The Balaban J connectivity index is 1.98. The van der Waals surface area contributed by atoms with Crippen molar-refractivity contribution in [3.63, 3.8) is 0 Å². The Bertz CT molecular complexity index is 554. The van der Waals surface area contributed by atoms with Gasteiger partial charge in [0.15, 0.2) is 5.65 Å². The molecule has 2 aromatic heterocycles. The van der Waals surface area contributed by atoms with E-state index in [0.717, 1.165) is 23.5 Å². The number of nitrogens with zero attached hydrogens (tertiary/aromatic N) is 3. The number of imidazole rings is 1. The molecule has 102 valence electrons. The molecule has 1 unspecified atom stereocenters. The highest BCUT2D eigenvalue weighted by atomic mass is 15.1. The lowest BCUT2D eigenvalue weighted by atomic mass is 9.84. The zero-order chi connectivity index (χ0) is 13.2. The Morgan fingerprint density at radius 2 is 2.16 bits per heavy atom. The SMILES string of the molecule is CCn1c(C(N)C2CCCCC2)nc2cccnc21. The first-order valence-electron chi connectivity index (χ1n) is 7.38. The largest absolute Gasteiger partial charge is 0.321 e. The van der Waals surface area contributed by atoms with Gasteiger partial charge >= 0.3 is 0 Å². The van der Waals surface area contributed by atoms with Crippen molar-refractivity contribution in [2.24, 2.45) is 11.7 Å². The van der Waals surface area contributed by atoms with E-state index >= 15 is 0 Å². The third-order valence-electron chi connectivity index (χ3n) is 4.31. The van der Waals surface area contributed by atoms with Gasteiger partial charge in [-0.1, -0.05) is 19.3 Å². The van der Waals surface area contributed by atoms with Crippen LogP contribution in [0.25, 0.3) is 11.2 Å². The van der Waals surface area contributed by atoms with Gasteiger partial charge in [-0.05, 0) is 37.8 Å². The summed E-state index contributed by atoms with van der Waals surface area (Å²) in [6, 6.07) is 4.01. The molecule has 1 aliphatic rings. The van der Waals surface area contributed by atoms with Crippen molar-refractivity contribution in [1.82, 2.24) is 14.5 Å². The molecule has 0 bridgehead atoms. The predicted octanol–water partition coefficient (Wildman–Crippen LogP) is 3.03. The summed E-state index contributed by atoms with van der Waals surface area (Å²) in [5.41, 5.74) is 8.43. The van der Waals surface area contributed by atoms with Crippen LogP contribution in [-0.4, -0.2) is 14.5 Å². The van der Waals surface area contributed by atoms with E-state index in [-0.39, 0.29) is 6.04 Å². The number of aromatic nitrogens is 3. The molecule has 0 amide bonds. The third kappa shape index (κ3) is 2.25. The summed E-state index contributed by atoms with van der Waals surface area (Å²) in [7, 11) is 0. The van der Waals surface area contributed by atoms with Crippen molar-refractivity contribution < 1.29 is 0 Å². The standard InChI is InChI=1S/C15H22N4/c1-2-19-14-12(9-6-10-17-14)18-15(19)13(16)11-7-4-3-5-8-11/h6,9-11,13H,2-5,7-8,16H2,1H3. The van der Waals surface area contributed by atoms with Gasteiger partial charge in [0.2, 0.25) is 0 Å². The van der Waals surface area contributed by atoms with Crippen LogP contribution < -0.4 is 5.73 Å². The number of nitrogens with two attached hydrogens (primary N) is 1. The van der Waals surface area contributed by atoms with Crippen molar-refractivity contribution in [2.45, 2.75) is 51.6 Å². The van der Waals surface area contributed by atoms with E-state index in [1.807, 2.05) is 18.3 Å². The predicted molar refractivity (Wildman–Crippen MR) is 76.7 cm³/mol. The summed E-state index contributed by atoms with van der Waals surface area (Å²) in [5.74, 6) is 1.60. The first-order chi connectivity index (χ1) is 9.31. The summed E-state index contributed by atoms with van der Waals surface area (Å²) in [4.78, 5) is 9.18. The van der Waals surface area contributed by atoms with E-state index in [1.165, 1.54) is 32.1 Å². The first-order valence-corrected chi connectivity index (χ1v) is 7.38. The van der Waals surface area contributed by atoms with Crippen LogP contribution in [0.3, 0.4) is 0 Å². The second-order valence-corrected chi connectivity index (χ2v) is 5.48. The fraction of sp³-hybridized carbons (Fsp3) is 0.600. The highest BCUT2D eigenvalue weighted by Crippen LogP contribution is 2.33. The number of fused-ring (bicyclic) bond motifs is 1. The zero-order valence-corrected chi connectivity index (χ0v) is 11.5. The maximum absolute atomic E-state index is 6.50. The smallest absolute Gasteiger partial charge is 0.160 e. The monoisotopic (exact) mass is 258 g/mol. The van der Waals surface area contributed by atoms with Crippen LogP contribution in [0.2, 0.25) is 0 Å². The van der Waals surface area contributed by atoms with Crippen LogP contribution in [0.5, 0.6) is 0 Å². The molecule has 1 fully saturated rings. The van der Waals surface area contributed by atoms with Crippen LogP contribution in [0.15, 0.2) is 18.3 Å². The molecule has 0 aliphatic heterocycles. The van der Waals surface area contributed by atoms with Gasteiger partial charge in [-0.2, -0.15) is 0 Å². The van der Waals surface area contributed by atoms with Crippen molar-refractivity contribution in [3.05, 3.63) is 24.2 Å². The van der Waals surface area contributed by atoms with E-state index in [1.54, 1.807) is 0 Å².